The summed E-state index contributed by atoms with van der Waals surface area (Å²) >= 11 is 0. The lowest BCUT2D eigenvalue weighted by Crippen LogP contribution is -2.37. The molecule has 0 aliphatic rings. The SMILES string of the molecule is COCCOCCC(Cc1ccco1)NN. The first-order valence-corrected chi connectivity index (χ1v) is 5.42. The largest absolute Gasteiger partial charge is 0.469 e. The van der Waals surface area contributed by atoms with Gasteiger partial charge in [-0.2, -0.15) is 0 Å². The Morgan fingerprint density at radius 2 is 2.31 bits per heavy atom. The van der Waals surface area contributed by atoms with Crippen LogP contribution in [0.3, 0.4) is 0 Å². The summed E-state index contributed by atoms with van der Waals surface area (Å²) in [4.78, 5) is 0. The van der Waals surface area contributed by atoms with Crippen molar-refractivity contribution in [3.63, 3.8) is 0 Å². The molecule has 1 heterocycles. The Kier molecular flexibility index (Phi) is 6.83. The van der Waals surface area contributed by atoms with E-state index in [0.29, 0.717) is 19.8 Å². The van der Waals surface area contributed by atoms with E-state index < -0.39 is 0 Å². The highest BCUT2D eigenvalue weighted by atomic mass is 16.5. The van der Waals surface area contributed by atoms with E-state index in [1.807, 2.05) is 12.1 Å². The monoisotopic (exact) mass is 228 g/mol. The third kappa shape index (κ3) is 5.27. The lowest BCUT2D eigenvalue weighted by Gasteiger charge is -2.14. The van der Waals surface area contributed by atoms with Crippen molar-refractivity contribution in [2.75, 3.05) is 26.9 Å². The van der Waals surface area contributed by atoms with Crippen LogP contribution in [0.4, 0.5) is 0 Å². The van der Waals surface area contributed by atoms with Crippen LogP contribution in [0.5, 0.6) is 0 Å². The lowest BCUT2D eigenvalue weighted by molar-refractivity contribution is 0.0656. The van der Waals surface area contributed by atoms with Crippen molar-refractivity contribution in [3.05, 3.63) is 24.2 Å². The van der Waals surface area contributed by atoms with Crippen LogP contribution in [-0.2, 0) is 15.9 Å². The van der Waals surface area contributed by atoms with E-state index in [1.165, 1.54) is 0 Å². The molecule has 0 amide bonds. The molecule has 0 radical (unpaired) electrons. The molecular formula is C11H20N2O3. The van der Waals surface area contributed by atoms with Crippen LogP contribution >= 0.6 is 0 Å². The summed E-state index contributed by atoms with van der Waals surface area (Å²) in [5.41, 5.74) is 2.76. The van der Waals surface area contributed by atoms with Crippen molar-refractivity contribution in [2.24, 2.45) is 5.84 Å². The predicted molar refractivity (Wildman–Crippen MR) is 60.8 cm³/mol. The highest BCUT2D eigenvalue weighted by Crippen LogP contribution is 2.06. The van der Waals surface area contributed by atoms with Gasteiger partial charge in [0.15, 0.2) is 0 Å². The van der Waals surface area contributed by atoms with Crippen LogP contribution in [-0.4, -0.2) is 33.0 Å². The second-order valence-electron chi connectivity index (χ2n) is 3.54. The van der Waals surface area contributed by atoms with E-state index in [2.05, 4.69) is 5.43 Å². The predicted octanol–water partition coefficient (Wildman–Crippen LogP) is 0.707. The molecule has 92 valence electrons. The number of rotatable bonds is 9. The summed E-state index contributed by atoms with van der Waals surface area (Å²) in [5, 5.41) is 0. The van der Waals surface area contributed by atoms with Crippen LogP contribution in [0.1, 0.15) is 12.2 Å². The topological polar surface area (TPSA) is 69.7 Å². The van der Waals surface area contributed by atoms with Crippen LogP contribution in [0, 0.1) is 0 Å². The first kappa shape index (κ1) is 13.2. The minimum atomic E-state index is 0.175. The molecule has 0 aromatic carbocycles. The maximum absolute atomic E-state index is 5.46. The molecular weight excluding hydrogens is 208 g/mol. The van der Waals surface area contributed by atoms with Gasteiger partial charge < -0.3 is 13.9 Å². The Labute approximate surface area is 95.9 Å². The number of hydrogen-bond acceptors (Lipinski definition) is 5. The van der Waals surface area contributed by atoms with Gasteiger partial charge in [0.1, 0.15) is 5.76 Å². The number of methoxy groups -OCH3 is 1. The van der Waals surface area contributed by atoms with Gasteiger partial charge in [0.2, 0.25) is 0 Å². The molecule has 16 heavy (non-hydrogen) atoms. The number of furan rings is 1. The summed E-state index contributed by atoms with van der Waals surface area (Å²) < 4.78 is 15.5. The third-order valence-electron chi connectivity index (χ3n) is 2.31. The van der Waals surface area contributed by atoms with E-state index in [1.54, 1.807) is 13.4 Å². The van der Waals surface area contributed by atoms with E-state index in [-0.39, 0.29) is 6.04 Å². The fourth-order valence-corrected chi connectivity index (χ4v) is 1.39. The smallest absolute Gasteiger partial charge is 0.105 e. The van der Waals surface area contributed by atoms with Crippen molar-refractivity contribution in [3.8, 4) is 0 Å². The summed E-state index contributed by atoms with van der Waals surface area (Å²) in [7, 11) is 1.66. The molecule has 0 aliphatic carbocycles. The normalized spacial score (nSPS) is 12.9. The fraction of sp³-hybridized carbons (Fsp3) is 0.636. The van der Waals surface area contributed by atoms with Gasteiger partial charge in [-0.25, -0.2) is 0 Å². The molecule has 0 fully saturated rings. The zero-order valence-corrected chi connectivity index (χ0v) is 9.65. The number of hydrogen-bond donors (Lipinski definition) is 2. The van der Waals surface area contributed by atoms with Crippen LogP contribution in [0.15, 0.2) is 22.8 Å². The van der Waals surface area contributed by atoms with Crippen LogP contribution in [0.25, 0.3) is 0 Å². The fourth-order valence-electron chi connectivity index (χ4n) is 1.39. The molecule has 3 N–H and O–H groups in total. The molecule has 0 bridgehead atoms. The molecule has 1 aromatic rings. The second kappa shape index (κ2) is 8.29. The Morgan fingerprint density at radius 3 is 2.94 bits per heavy atom. The maximum Gasteiger partial charge on any atom is 0.105 e. The highest BCUT2D eigenvalue weighted by molar-refractivity contribution is 5.00. The van der Waals surface area contributed by atoms with Gasteiger partial charge in [-0.3, -0.25) is 11.3 Å². The van der Waals surface area contributed by atoms with Crippen molar-refractivity contribution in [1.82, 2.24) is 5.43 Å². The van der Waals surface area contributed by atoms with E-state index in [0.717, 1.165) is 18.6 Å². The first-order valence-electron chi connectivity index (χ1n) is 5.42. The molecule has 1 rings (SSSR count). The number of hydrazine groups is 1. The minimum Gasteiger partial charge on any atom is -0.469 e. The maximum atomic E-state index is 5.46. The summed E-state index contributed by atoms with van der Waals surface area (Å²) in [6.45, 7) is 1.91. The Bertz CT molecular complexity index is 252. The Balaban J connectivity index is 2.12. The molecule has 5 heteroatoms. The molecule has 0 aliphatic heterocycles. The number of ether oxygens (including phenoxy) is 2. The summed E-state index contributed by atoms with van der Waals surface area (Å²) in [6, 6.07) is 3.99. The standard InChI is InChI=1S/C11H20N2O3/c1-14-7-8-15-6-4-10(13-12)9-11-3-2-5-16-11/h2-3,5,10,13H,4,6-9,12H2,1H3. The third-order valence-corrected chi connectivity index (χ3v) is 2.31. The van der Waals surface area contributed by atoms with Gasteiger partial charge in [0.25, 0.3) is 0 Å². The van der Waals surface area contributed by atoms with Crippen LogP contribution in [0.2, 0.25) is 0 Å². The molecule has 5 nitrogen and oxygen atoms in total. The highest BCUT2D eigenvalue weighted by Gasteiger charge is 2.09. The van der Waals surface area contributed by atoms with Crippen molar-refractivity contribution in [2.45, 2.75) is 18.9 Å². The van der Waals surface area contributed by atoms with Gasteiger partial charge in [-0.1, -0.05) is 0 Å². The van der Waals surface area contributed by atoms with Gasteiger partial charge in [-0.05, 0) is 18.6 Å². The van der Waals surface area contributed by atoms with Crippen molar-refractivity contribution >= 4 is 0 Å². The van der Waals surface area contributed by atoms with Crippen molar-refractivity contribution in [1.29, 1.82) is 0 Å². The first-order chi connectivity index (χ1) is 7.86. The Hall–Kier alpha value is -0.880. The quantitative estimate of drug-likeness (QED) is 0.370. The molecule has 0 spiro atoms. The second-order valence-corrected chi connectivity index (χ2v) is 3.54. The van der Waals surface area contributed by atoms with Gasteiger partial charge in [-0.15, -0.1) is 0 Å². The number of nitrogens with two attached hydrogens (primary N) is 1. The Morgan fingerprint density at radius 1 is 1.44 bits per heavy atom. The van der Waals surface area contributed by atoms with Gasteiger partial charge in [0.05, 0.1) is 19.5 Å². The summed E-state index contributed by atoms with van der Waals surface area (Å²) in [6.07, 6.45) is 3.29. The minimum absolute atomic E-state index is 0.175. The molecule has 1 unspecified atom stereocenters. The summed E-state index contributed by atoms with van der Waals surface area (Å²) in [5.74, 6) is 6.39. The number of nitrogens with one attached hydrogen (secondary N) is 1. The zero-order chi connectivity index (χ0) is 11.6. The van der Waals surface area contributed by atoms with E-state index >= 15 is 0 Å². The van der Waals surface area contributed by atoms with Crippen LogP contribution < -0.4 is 11.3 Å². The molecule has 0 saturated heterocycles. The molecule has 1 atom stereocenters. The average Bonchev–Trinajstić information content (AvgIpc) is 2.80. The molecule has 0 saturated carbocycles. The van der Waals surface area contributed by atoms with Crippen molar-refractivity contribution < 1.29 is 13.9 Å². The van der Waals surface area contributed by atoms with Gasteiger partial charge >= 0.3 is 0 Å². The van der Waals surface area contributed by atoms with E-state index in [4.69, 9.17) is 19.7 Å². The zero-order valence-electron chi connectivity index (χ0n) is 9.65. The van der Waals surface area contributed by atoms with Gasteiger partial charge in [0, 0.05) is 26.2 Å². The lowest BCUT2D eigenvalue weighted by atomic mass is 10.1. The average molecular weight is 228 g/mol. The molecule has 1 aromatic heterocycles. The van der Waals surface area contributed by atoms with E-state index in [9.17, 15) is 0 Å².